The lowest BCUT2D eigenvalue weighted by molar-refractivity contribution is -0.141. The predicted molar refractivity (Wildman–Crippen MR) is 72.8 cm³/mol. The number of nitrogens with zero attached hydrogens (tertiary/aromatic N) is 1. The number of aromatic amines is 1. The van der Waals surface area contributed by atoms with Crippen LogP contribution in [0, 0.1) is 0 Å². The van der Waals surface area contributed by atoms with Crippen molar-refractivity contribution in [1.29, 1.82) is 0 Å². The normalized spacial score (nSPS) is 18.6. The molecule has 1 saturated heterocycles. The molecule has 2 heterocycles. The number of H-pyrrole nitrogens is 1. The number of carboxylic acids is 1. The number of pyridine rings is 1. The number of hydrogen-bond acceptors (Lipinski definition) is 3. The third kappa shape index (κ3) is 2.74. The highest BCUT2D eigenvalue weighted by Gasteiger charge is 2.34. The molecule has 1 aliphatic heterocycles. The van der Waals surface area contributed by atoms with Crippen molar-refractivity contribution < 1.29 is 14.7 Å². The van der Waals surface area contributed by atoms with E-state index in [2.05, 4.69) is 4.98 Å². The molecule has 20 heavy (non-hydrogen) atoms. The number of nitrogens with one attached hydrogen (secondary N) is 1. The molecule has 2 rings (SSSR count). The largest absolute Gasteiger partial charge is 0.480 e. The number of carbonyl (C=O) groups excluding carboxylic acids is 1. The summed E-state index contributed by atoms with van der Waals surface area (Å²) in [5.74, 6) is -1.29. The maximum absolute atomic E-state index is 12.4. The highest BCUT2D eigenvalue weighted by atomic mass is 16.4. The van der Waals surface area contributed by atoms with E-state index in [-0.39, 0.29) is 22.9 Å². The highest BCUT2D eigenvalue weighted by Crippen LogP contribution is 2.21. The minimum Gasteiger partial charge on any atom is -0.480 e. The molecule has 108 valence electrons. The van der Waals surface area contributed by atoms with Gasteiger partial charge in [0.1, 0.15) is 6.04 Å². The average Bonchev–Trinajstić information content (AvgIpc) is 2.86. The number of rotatable bonds is 3. The van der Waals surface area contributed by atoms with Gasteiger partial charge in [0.2, 0.25) is 5.56 Å². The van der Waals surface area contributed by atoms with Gasteiger partial charge >= 0.3 is 5.97 Å². The van der Waals surface area contributed by atoms with Crippen molar-refractivity contribution in [2.24, 2.45) is 0 Å². The first-order chi connectivity index (χ1) is 9.40. The first kappa shape index (κ1) is 14.3. The summed E-state index contributed by atoms with van der Waals surface area (Å²) in [6.45, 7) is 4.24. The molecule has 1 aromatic rings. The van der Waals surface area contributed by atoms with E-state index in [0.29, 0.717) is 25.1 Å². The Balaban J connectivity index is 2.34. The Hall–Kier alpha value is -2.11. The fraction of sp³-hybridized carbons (Fsp3) is 0.500. The number of carboxylic acid groups (broad SMARTS) is 1. The maximum Gasteiger partial charge on any atom is 0.326 e. The lowest BCUT2D eigenvalue weighted by Crippen LogP contribution is -2.40. The minimum absolute atomic E-state index is 0.0873. The van der Waals surface area contributed by atoms with Crippen LogP contribution in [0.25, 0.3) is 0 Å². The van der Waals surface area contributed by atoms with Gasteiger partial charge in [0.05, 0.1) is 0 Å². The molecule has 1 atom stereocenters. The molecular weight excluding hydrogens is 260 g/mol. The molecule has 0 bridgehead atoms. The molecular formula is C14H18N2O4. The van der Waals surface area contributed by atoms with Crippen LogP contribution < -0.4 is 5.56 Å². The van der Waals surface area contributed by atoms with Crippen LogP contribution in [-0.2, 0) is 4.79 Å². The Kier molecular flexibility index (Phi) is 3.92. The van der Waals surface area contributed by atoms with Gasteiger partial charge < -0.3 is 15.0 Å². The summed E-state index contributed by atoms with van der Waals surface area (Å²) in [7, 11) is 0. The van der Waals surface area contributed by atoms with Gasteiger partial charge in [-0.2, -0.15) is 0 Å². The lowest BCUT2D eigenvalue weighted by Gasteiger charge is -2.21. The number of carbonyl (C=O) groups is 2. The van der Waals surface area contributed by atoms with E-state index < -0.39 is 12.0 Å². The molecule has 6 heteroatoms. The van der Waals surface area contributed by atoms with Crippen molar-refractivity contribution in [2.45, 2.75) is 38.6 Å². The summed E-state index contributed by atoms with van der Waals surface area (Å²) in [4.78, 5) is 39.2. The number of aromatic nitrogens is 1. The predicted octanol–water partition coefficient (Wildman–Crippen LogP) is 1.19. The van der Waals surface area contributed by atoms with Crippen LogP contribution in [0.15, 0.2) is 16.9 Å². The molecule has 6 nitrogen and oxygen atoms in total. The number of hydrogen-bond donors (Lipinski definition) is 2. The van der Waals surface area contributed by atoms with Crippen molar-refractivity contribution in [3.63, 3.8) is 0 Å². The zero-order valence-electron chi connectivity index (χ0n) is 11.5. The van der Waals surface area contributed by atoms with Gasteiger partial charge in [0, 0.05) is 23.9 Å². The van der Waals surface area contributed by atoms with Crippen LogP contribution >= 0.6 is 0 Å². The van der Waals surface area contributed by atoms with E-state index >= 15 is 0 Å². The van der Waals surface area contributed by atoms with Crippen LogP contribution in [0.2, 0.25) is 0 Å². The van der Waals surface area contributed by atoms with E-state index in [1.165, 1.54) is 11.0 Å². The minimum atomic E-state index is -0.996. The fourth-order valence-corrected chi connectivity index (χ4v) is 2.43. The standard InChI is InChI=1S/C14H18N2O4/c1-8(2)10-6-9(7-12(17)15-10)13(18)16-5-3-4-11(16)14(19)20/h6-8,11H,3-5H2,1-2H3,(H,15,17)(H,19,20)/t11-/m0/s1. The van der Waals surface area contributed by atoms with Crippen molar-refractivity contribution in [2.75, 3.05) is 6.54 Å². The number of likely N-dealkylation sites (tertiary alicyclic amines) is 1. The molecule has 1 aromatic heterocycles. The summed E-state index contributed by atoms with van der Waals surface area (Å²) >= 11 is 0. The molecule has 1 amide bonds. The summed E-state index contributed by atoms with van der Waals surface area (Å²) < 4.78 is 0. The highest BCUT2D eigenvalue weighted by molar-refractivity contribution is 5.97. The van der Waals surface area contributed by atoms with Crippen LogP contribution in [-0.4, -0.2) is 39.5 Å². The topological polar surface area (TPSA) is 90.5 Å². The monoisotopic (exact) mass is 278 g/mol. The molecule has 2 N–H and O–H groups in total. The molecule has 0 radical (unpaired) electrons. The summed E-state index contributed by atoms with van der Waals surface area (Å²) in [6, 6.07) is 2.07. The van der Waals surface area contributed by atoms with Crippen LogP contribution in [0.1, 0.15) is 48.7 Å². The van der Waals surface area contributed by atoms with Gasteiger partial charge in [-0.3, -0.25) is 9.59 Å². The summed E-state index contributed by atoms with van der Waals surface area (Å²) in [6.07, 6.45) is 1.13. The summed E-state index contributed by atoms with van der Waals surface area (Å²) in [5.41, 5.74) is 0.586. The van der Waals surface area contributed by atoms with Crippen molar-refractivity contribution >= 4 is 11.9 Å². The van der Waals surface area contributed by atoms with Crippen LogP contribution in [0.4, 0.5) is 0 Å². The first-order valence-corrected chi connectivity index (χ1v) is 6.68. The van der Waals surface area contributed by atoms with Crippen molar-refractivity contribution in [3.05, 3.63) is 33.7 Å². The quantitative estimate of drug-likeness (QED) is 0.868. The van der Waals surface area contributed by atoms with E-state index in [1.54, 1.807) is 6.07 Å². The third-order valence-electron chi connectivity index (χ3n) is 3.53. The lowest BCUT2D eigenvalue weighted by atomic mass is 10.1. The maximum atomic E-state index is 12.4. The van der Waals surface area contributed by atoms with Gasteiger partial charge in [0.15, 0.2) is 0 Å². The van der Waals surface area contributed by atoms with Gasteiger partial charge in [-0.05, 0) is 24.8 Å². The van der Waals surface area contributed by atoms with Crippen LogP contribution in [0.3, 0.4) is 0 Å². The average molecular weight is 278 g/mol. The van der Waals surface area contributed by atoms with Gasteiger partial charge in [0.25, 0.3) is 5.91 Å². The van der Waals surface area contributed by atoms with E-state index in [9.17, 15) is 14.4 Å². The number of amides is 1. The second-order valence-electron chi connectivity index (χ2n) is 5.34. The van der Waals surface area contributed by atoms with Gasteiger partial charge in [-0.25, -0.2) is 4.79 Å². The van der Waals surface area contributed by atoms with E-state index in [0.717, 1.165) is 0 Å². The second kappa shape index (κ2) is 5.48. The van der Waals surface area contributed by atoms with E-state index in [1.807, 2.05) is 13.8 Å². The fourth-order valence-electron chi connectivity index (χ4n) is 2.43. The molecule has 1 fully saturated rings. The SMILES string of the molecule is CC(C)c1cc(C(=O)N2CCC[C@H]2C(=O)O)cc(=O)[nH]1. The third-order valence-corrected chi connectivity index (χ3v) is 3.53. The number of aliphatic carboxylic acids is 1. The molecule has 0 aliphatic carbocycles. The zero-order chi connectivity index (χ0) is 14.9. The molecule has 0 aromatic carbocycles. The molecule has 1 aliphatic rings. The molecule has 0 unspecified atom stereocenters. The smallest absolute Gasteiger partial charge is 0.326 e. The Labute approximate surface area is 116 Å². The Morgan fingerprint density at radius 2 is 2.10 bits per heavy atom. The summed E-state index contributed by atoms with van der Waals surface area (Å²) in [5, 5.41) is 9.12. The van der Waals surface area contributed by atoms with Crippen LogP contribution in [0.5, 0.6) is 0 Å². The van der Waals surface area contributed by atoms with Crippen molar-refractivity contribution in [1.82, 2.24) is 9.88 Å². The van der Waals surface area contributed by atoms with Crippen molar-refractivity contribution in [3.8, 4) is 0 Å². The van der Waals surface area contributed by atoms with Gasteiger partial charge in [-0.15, -0.1) is 0 Å². The zero-order valence-corrected chi connectivity index (χ0v) is 11.5. The Morgan fingerprint density at radius 3 is 2.70 bits per heavy atom. The van der Waals surface area contributed by atoms with Gasteiger partial charge in [-0.1, -0.05) is 13.8 Å². The molecule has 0 spiro atoms. The first-order valence-electron chi connectivity index (χ1n) is 6.68. The second-order valence-corrected chi connectivity index (χ2v) is 5.34. The Morgan fingerprint density at radius 1 is 1.40 bits per heavy atom. The van der Waals surface area contributed by atoms with E-state index in [4.69, 9.17) is 5.11 Å². The molecule has 0 saturated carbocycles. The Bertz CT molecular complexity index is 591.